The summed E-state index contributed by atoms with van der Waals surface area (Å²) in [4.78, 5) is 4.89. The third kappa shape index (κ3) is 7.78. The maximum absolute atomic E-state index is 6.99. The Labute approximate surface area is 421 Å². The molecule has 0 saturated heterocycles. The van der Waals surface area contributed by atoms with E-state index in [9.17, 15) is 0 Å². The summed E-state index contributed by atoms with van der Waals surface area (Å²) in [5, 5.41) is 6.14. The van der Waals surface area contributed by atoms with E-state index in [0.717, 1.165) is 95.3 Å². The van der Waals surface area contributed by atoms with Gasteiger partial charge in [0.05, 0.1) is 11.1 Å². The summed E-state index contributed by atoms with van der Waals surface area (Å²) in [6, 6.07) is 93.7. The summed E-state index contributed by atoms with van der Waals surface area (Å²) in [7, 11) is 0.677. The first-order chi connectivity index (χ1) is 35.6. The monoisotopic (exact) mass is 921 g/mol. The highest BCUT2D eigenvalue weighted by molar-refractivity contribution is 6.74. The minimum atomic E-state index is 0.677. The second-order valence-corrected chi connectivity index (χ2v) is 18.6. The molecular weight excluding hydrogens is 874 g/mol. The van der Waals surface area contributed by atoms with E-state index < -0.39 is 0 Å². The zero-order valence-corrected chi connectivity index (χ0v) is 39.8. The number of para-hydroxylation sites is 3. The standard InChI is InChI=1S/C67H48BN3O/c1-45-40-50(47-22-9-3-10-23-47)35-38-61(45)71-62-39-36-55(70(53-28-13-5-14-29-53)54-30-15-6-16-31-54)43-59(62)68-66-58(44-64-65(67(66)71)56-32-17-18-33-63(56)72-64)57-42-51(48-24-11-4-12-25-48)34-37-60(57)69-52-27-19-26-49(41-52)46-20-7-2-8-21-46/h2-44,68-69H,1H3. The molecule has 1 aliphatic heterocycles. The Balaban J connectivity index is 1.08. The minimum Gasteiger partial charge on any atom is -0.456 e. The Morgan fingerprint density at radius 2 is 0.972 bits per heavy atom. The average Bonchev–Trinajstić information content (AvgIpc) is 3.83. The highest BCUT2D eigenvalue weighted by Gasteiger charge is 2.33. The predicted molar refractivity (Wildman–Crippen MR) is 306 cm³/mol. The minimum absolute atomic E-state index is 0.677. The molecule has 5 heteroatoms. The van der Waals surface area contributed by atoms with Gasteiger partial charge >= 0.3 is 0 Å². The Hall–Kier alpha value is -9.32. The Morgan fingerprint density at radius 3 is 1.62 bits per heavy atom. The Morgan fingerprint density at radius 1 is 0.417 bits per heavy atom. The van der Waals surface area contributed by atoms with Gasteiger partial charge in [-0.3, -0.25) is 0 Å². The third-order valence-electron chi connectivity index (χ3n) is 14.1. The second-order valence-electron chi connectivity index (χ2n) is 18.6. The van der Waals surface area contributed by atoms with Gasteiger partial charge in [-0.2, -0.15) is 0 Å². The van der Waals surface area contributed by atoms with E-state index >= 15 is 0 Å². The van der Waals surface area contributed by atoms with Crippen LogP contribution < -0.4 is 26.0 Å². The summed E-state index contributed by atoms with van der Waals surface area (Å²) in [6.45, 7) is 2.25. The van der Waals surface area contributed by atoms with Crippen molar-refractivity contribution in [2.75, 3.05) is 15.1 Å². The molecule has 0 radical (unpaired) electrons. The molecular formula is C67H48BN3O. The van der Waals surface area contributed by atoms with Crippen molar-refractivity contribution in [1.82, 2.24) is 0 Å². The zero-order valence-electron chi connectivity index (χ0n) is 39.8. The van der Waals surface area contributed by atoms with Gasteiger partial charge in [-0.05, 0) is 148 Å². The molecule has 72 heavy (non-hydrogen) atoms. The number of nitrogens with one attached hydrogen (secondary N) is 1. The normalized spacial score (nSPS) is 11.8. The molecule has 0 atom stereocenters. The molecule has 0 saturated carbocycles. The van der Waals surface area contributed by atoms with Gasteiger partial charge in [-0.15, -0.1) is 0 Å². The highest BCUT2D eigenvalue weighted by Crippen LogP contribution is 2.48. The van der Waals surface area contributed by atoms with Gasteiger partial charge in [0, 0.05) is 50.8 Å². The van der Waals surface area contributed by atoms with E-state index in [1.807, 2.05) is 0 Å². The molecule has 0 aliphatic carbocycles. The summed E-state index contributed by atoms with van der Waals surface area (Å²) in [5.41, 5.74) is 23.2. The number of furan rings is 1. The van der Waals surface area contributed by atoms with Crippen LogP contribution >= 0.6 is 0 Å². The van der Waals surface area contributed by atoms with Crippen molar-refractivity contribution in [1.29, 1.82) is 0 Å². The SMILES string of the molecule is Cc1cc(-c2ccccc2)ccc1N1c2ccc(N(c3ccccc3)c3ccccc3)cc2Bc2c(-c3cc(-c4ccccc4)ccc3Nc3cccc(-c4ccccc4)c3)cc3oc4ccccc4c3c21. The van der Waals surface area contributed by atoms with Gasteiger partial charge in [-0.1, -0.05) is 175 Å². The zero-order chi connectivity index (χ0) is 48.0. The van der Waals surface area contributed by atoms with Gasteiger partial charge in [0.1, 0.15) is 11.2 Å². The second kappa shape index (κ2) is 18.2. The first-order valence-electron chi connectivity index (χ1n) is 24.7. The quantitative estimate of drug-likeness (QED) is 0.139. The Bertz CT molecular complexity index is 3890. The molecule has 13 rings (SSSR count). The van der Waals surface area contributed by atoms with Crippen molar-refractivity contribution in [3.05, 3.63) is 266 Å². The van der Waals surface area contributed by atoms with Crippen LogP contribution in [0.5, 0.6) is 0 Å². The van der Waals surface area contributed by atoms with E-state index in [4.69, 9.17) is 4.42 Å². The molecule has 0 fully saturated rings. The maximum Gasteiger partial charge on any atom is 0.198 e. The lowest BCUT2D eigenvalue weighted by Crippen LogP contribution is -2.41. The molecule has 1 N–H and O–H groups in total. The summed E-state index contributed by atoms with van der Waals surface area (Å²) in [5.74, 6) is 0. The van der Waals surface area contributed by atoms with E-state index in [1.54, 1.807) is 0 Å². The molecule has 1 aromatic heterocycles. The maximum atomic E-state index is 6.99. The summed E-state index contributed by atoms with van der Waals surface area (Å²) >= 11 is 0. The van der Waals surface area contributed by atoms with E-state index in [0.29, 0.717) is 7.28 Å². The molecule has 11 aromatic carbocycles. The molecule has 0 unspecified atom stereocenters. The molecule has 4 nitrogen and oxygen atoms in total. The van der Waals surface area contributed by atoms with Crippen molar-refractivity contribution in [3.63, 3.8) is 0 Å². The van der Waals surface area contributed by atoms with Crippen LogP contribution in [0.2, 0.25) is 0 Å². The number of nitrogens with zero attached hydrogens (tertiary/aromatic N) is 2. The lowest BCUT2D eigenvalue weighted by Gasteiger charge is -2.37. The van der Waals surface area contributed by atoms with Crippen LogP contribution in [-0.2, 0) is 0 Å². The van der Waals surface area contributed by atoms with Crippen molar-refractivity contribution < 1.29 is 4.42 Å². The molecule has 1 aliphatic rings. The third-order valence-corrected chi connectivity index (χ3v) is 14.1. The largest absolute Gasteiger partial charge is 0.456 e. The van der Waals surface area contributed by atoms with Crippen LogP contribution in [-0.4, -0.2) is 7.28 Å². The van der Waals surface area contributed by atoms with Gasteiger partial charge < -0.3 is 19.5 Å². The first kappa shape index (κ1) is 42.8. The average molecular weight is 922 g/mol. The number of hydrogen-bond donors (Lipinski definition) is 1. The van der Waals surface area contributed by atoms with Gasteiger partial charge in [0.25, 0.3) is 0 Å². The number of anilines is 8. The molecule has 0 bridgehead atoms. The first-order valence-corrected chi connectivity index (χ1v) is 24.7. The van der Waals surface area contributed by atoms with Crippen molar-refractivity contribution in [2.24, 2.45) is 0 Å². The fraction of sp³-hybridized carbons (Fsp3) is 0.0149. The van der Waals surface area contributed by atoms with E-state index in [2.05, 4.69) is 283 Å². The molecule has 2 heterocycles. The fourth-order valence-corrected chi connectivity index (χ4v) is 10.8. The van der Waals surface area contributed by atoms with Crippen LogP contribution in [0.15, 0.2) is 265 Å². The molecule has 340 valence electrons. The number of rotatable bonds is 10. The van der Waals surface area contributed by atoms with E-state index in [1.165, 1.54) is 33.2 Å². The lowest BCUT2D eigenvalue weighted by molar-refractivity contribution is 0.669. The van der Waals surface area contributed by atoms with Crippen molar-refractivity contribution in [2.45, 2.75) is 6.92 Å². The molecule has 12 aromatic rings. The highest BCUT2D eigenvalue weighted by atomic mass is 16.3. The van der Waals surface area contributed by atoms with Crippen LogP contribution in [0.4, 0.5) is 45.5 Å². The van der Waals surface area contributed by atoms with Gasteiger partial charge in [-0.25, -0.2) is 0 Å². The summed E-state index contributed by atoms with van der Waals surface area (Å²) < 4.78 is 6.99. The summed E-state index contributed by atoms with van der Waals surface area (Å²) in [6.07, 6.45) is 0. The van der Waals surface area contributed by atoms with Gasteiger partial charge in [0.15, 0.2) is 7.28 Å². The fourth-order valence-electron chi connectivity index (χ4n) is 10.8. The van der Waals surface area contributed by atoms with Gasteiger partial charge in [0.2, 0.25) is 0 Å². The van der Waals surface area contributed by atoms with Crippen LogP contribution in [0.25, 0.3) is 66.4 Å². The molecule has 0 spiro atoms. The van der Waals surface area contributed by atoms with Crippen molar-refractivity contribution >= 4 is 85.6 Å². The Kier molecular flexibility index (Phi) is 10.8. The topological polar surface area (TPSA) is 31.6 Å². The molecule has 0 amide bonds. The number of fused-ring (bicyclic) bond motifs is 6. The van der Waals surface area contributed by atoms with Crippen LogP contribution in [0.1, 0.15) is 5.56 Å². The smallest absolute Gasteiger partial charge is 0.198 e. The van der Waals surface area contributed by atoms with Crippen molar-refractivity contribution in [3.8, 4) is 44.5 Å². The van der Waals surface area contributed by atoms with E-state index in [-0.39, 0.29) is 0 Å². The van der Waals surface area contributed by atoms with Crippen LogP contribution in [0.3, 0.4) is 0 Å². The predicted octanol–water partition coefficient (Wildman–Crippen LogP) is 16.9. The van der Waals surface area contributed by atoms with Crippen LogP contribution in [0, 0.1) is 6.92 Å². The number of aryl methyl sites for hydroxylation is 1. The number of benzene rings is 11. The lowest BCUT2D eigenvalue weighted by atomic mass is 9.57. The number of hydrogen-bond acceptors (Lipinski definition) is 4.